The third kappa shape index (κ3) is 2.68. The van der Waals surface area contributed by atoms with Crippen LogP contribution < -0.4 is 9.32 Å². The van der Waals surface area contributed by atoms with Gasteiger partial charge in [-0.15, -0.1) is 0 Å². The minimum absolute atomic E-state index is 0.287. The van der Waals surface area contributed by atoms with Gasteiger partial charge < -0.3 is 4.18 Å². The highest BCUT2D eigenvalue weighted by Crippen LogP contribution is 2.54. The molecule has 0 aromatic heterocycles. The number of carbonyl (C=O) groups excluding carboxylic acids is 1. The number of rotatable bonds is 2. The first kappa shape index (κ1) is 15.1. The normalized spacial score (nSPS) is 32.8. The zero-order valence-electron chi connectivity index (χ0n) is 12.9. The van der Waals surface area contributed by atoms with Crippen LogP contribution in [0.15, 0.2) is 18.2 Å². The number of Topliss-reactive ketones (excluding diaryl/α,β-unsaturated/α-hetero) is 1. The molecule has 0 amide bonds. The van der Waals surface area contributed by atoms with Crippen LogP contribution in [0.4, 0.5) is 0 Å². The van der Waals surface area contributed by atoms with Crippen LogP contribution >= 0.6 is 0 Å². The van der Waals surface area contributed by atoms with Gasteiger partial charge in [0.2, 0.25) is 0 Å². The van der Waals surface area contributed by atoms with Gasteiger partial charge in [0.25, 0.3) is 0 Å². The van der Waals surface area contributed by atoms with Gasteiger partial charge in [0.15, 0.2) is 0 Å². The van der Waals surface area contributed by atoms with Crippen molar-refractivity contribution in [1.82, 2.24) is 0 Å². The van der Waals surface area contributed by atoms with Crippen LogP contribution in [0.5, 0.6) is 5.75 Å². The summed E-state index contributed by atoms with van der Waals surface area (Å²) in [6.07, 6.45) is 5.85. The summed E-state index contributed by atoms with van der Waals surface area (Å²) in [6, 6.07) is 5.49. The molecule has 5 nitrogen and oxygen atoms in total. The quantitative estimate of drug-likeness (QED) is 0.898. The first-order valence-electron chi connectivity index (χ1n) is 8.30. The van der Waals surface area contributed by atoms with Crippen LogP contribution in [0.1, 0.15) is 49.1 Å². The molecule has 6 heteroatoms. The maximum absolute atomic E-state index is 12.0. The summed E-state index contributed by atoms with van der Waals surface area (Å²) in [5.74, 6) is 2.69. The lowest BCUT2D eigenvalue weighted by Crippen LogP contribution is -2.35. The van der Waals surface area contributed by atoms with Crippen molar-refractivity contribution in [2.45, 2.75) is 44.4 Å². The fourth-order valence-electron chi connectivity index (χ4n) is 5.16. The minimum atomic E-state index is -3.98. The summed E-state index contributed by atoms with van der Waals surface area (Å²) in [5, 5.41) is 4.94. The number of benzene rings is 1. The molecule has 0 saturated heterocycles. The Morgan fingerprint density at radius 2 is 1.70 bits per heavy atom. The molecule has 3 aliphatic carbocycles. The molecule has 0 spiro atoms. The van der Waals surface area contributed by atoms with Crippen molar-refractivity contribution >= 4 is 16.1 Å². The number of hydrogen-bond acceptors (Lipinski definition) is 4. The number of hydrogen-bond donors (Lipinski definition) is 1. The lowest BCUT2D eigenvalue weighted by molar-refractivity contribution is -0.122. The topological polar surface area (TPSA) is 86.5 Å². The predicted octanol–water partition coefficient (Wildman–Crippen LogP) is 2.30. The second-order valence-electron chi connectivity index (χ2n) is 7.10. The summed E-state index contributed by atoms with van der Waals surface area (Å²) in [7, 11) is -3.98. The smallest absolute Gasteiger partial charge is 0.371 e. The number of fused-ring (bicyclic) bond motifs is 5. The molecule has 0 radical (unpaired) electrons. The van der Waals surface area contributed by atoms with Crippen LogP contribution in [0.25, 0.3) is 0 Å². The van der Waals surface area contributed by atoms with E-state index in [0.717, 1.165) is 44.1 Å². The van der Waals surface area contributed by atoms with Crippen molar-refractivity contribution in [2.24, 2.45) is 22.9 Å². The fraction of sp³-hybridized carbons (Fsp3) is 0.588. The van der Waals surface area contributed by atoms with Crippen molar-refractivity contribution in [3.05, 3.63) is 29.3 Å². The van der Waals surface area contributed by atoms with Gasteiger partial charge in [0, 0.05) is 12.3 Å². The van der Waals surface area contributed by atoms with Gasteiger partial charge in [-0.25, -0.2) is 0 Å². The number of carbonyl (C=O) groups is 1. The Bertz CT molecular complexity index is 758. The van der Waals surface area contributed by atoms with Crippen molar-refractivity contribution in [1.29, 1.82) is 0 Å². The third-order valence-corrected chi connectivity index (χ3v) is 6.41. The predicted molar refractivity (Wildman–Crippen MR) is 85.2 cm³/mol. The highest BCUT2D eigenvalue weighted by Gasteiger charge is 2.47. The van der Waals surface area contributed by atoms with Gasteiger partial charge in [-0.05, 0) is 73.1 Å². The van der Waals surface area contributed by atoms with Gasteiger partial charge in [-0.2, -0.15) is 13.6 Å². The molecular formula is C17H21NO4S. The van der Waals surface area contributed by atoms with E-state index in [9.17, 15) is 13.2 Å². The zero-order chi connectivity index (χ0) is 16.2. The molecule has 1 aromatic rings. The summed E-state index contributed by atoms with van der Waals surface area (Å²) in [5.41, 5.74) is 2.47. The van der Waals surface area contributed by atoms with E-state index in [1.54, 1.807) is 6.07 Å². The van der Waals surface area contributed by atoms with E-state index >= 15 is 0 Å². The molecule has 1 aromatic carbocycles. The van der Waals surface area contributed by atoms with E-state index < -0.39 is 10.3 Å². The maximum Gasteiger partial charge on any atom is 0.380 e. The van der Waals surface area contributed by atoms with Crippen molar-refractivity contribution in [3.8, 4) is 5.75 Å². The highest BCUT2D eigenvalue weighted by atomic mass is 32.2. The van der Waals surface area contributed by atoms with Crippen LogP contribution in [0, 0.1) is 17.8 Å². The van der Waals surface area contributed by atoms with E-state index in [-0.39, 0.29) is 5.75 Å². The molecule has 4 atom stereocenters. The molecule has 0 aliphatic heterocycles. The van der Waals surface area contributed by atoms with Gasteiger partial charge in [-0.1, -0.05) is 6.07 Å². The first-order valence-corrected chi connectivity index (χ1v) is 9.77. The van der Waals surface area contributed by atoms with Gasteiger partial charge in [0.1, 0.15) is 11.5 Å². The lowest BCUT2D eigenvalue weighted by Gasteiger charge is -2.43. The maximum atomic E-state index is 12.0. The number of nitrogens with two attached hydrogens (primary N) is 1. The van der Waals surface area contributed by atoms with Crippen molar-refractivity contribution in [2.75, 3.05) is 0 Å². The van der Waals surface area contributed by atoms with Crippen molar-refractivity contribution in [3.63, 3.8) is 0 Å². The number of aryl methyl sites for hydroxylation is 1. The fourth-order valence-corrected chi connectivity index (χ4v) is 5.54. The summed E-state index contributed by atoms with van der Waals surface area (Å²) in [6.45, 7) is 0. The Hall–Kier alpha value is -1.40. The van der Waals surface area contributed by atoms with Crippen molar-refractivity contribution < 1.29 is 17.4 Å². The second-order valence-corrected chi connectivity index (χ2v) is 8.25. The highest BCUT2D eigenvalue weighted by molar-refractivity contribution is 7.84. The Balaban J connectivity index is 1.63. The van der Waals surface area contributed by atoms with E-state index in [0.29, 0.717) is 29.5 Å². The monoisotopic (exact) mass is 335 g/mol. The molecule has 4 rings (SSSR count). The lowest BCUT2D eigenvalue weighted by atomic mass is 9.61. The SMILES string of the molecule is NS(=O)(=O)Oc1ccc2c(c1)CCC1C2CCC2C(=O)CCC21. The van der Waals surface area contributed by atoms with Gasteiger partial charge in [-0.3, -0.25) is 4.79 Å². The summed E-state index contributed by atoms with van der Waals surface area (Å²) >= 11 is 0. The van der Waals surface area contributed by atoms with Crippen LogP contribution in [0.3, 0.4) is 0 Å². The van der Waals surface area contributed by atoms with E-state index in [2.05, 4.69) is 0 Å². The minimum Gasteiger partial charge on any atom is -0.371 e. The summed E-state index contributed by atoms with van der Waals surface area (Å²) < 4.78 is 26.9. The Morgan fingerprint density at radius 3 is 2.48 bits per heavy atom. The van der Waals surface area contributed by atoms with Gasteiger partial charge in [0.05, 0.1) is 0 Å². The third-order valence-electron chi connectivity index (χ3n) is 5.98. The molecule has 4 unspecified atom stereocenters. The first-order chi connectivity index (χ1) is 10.9. The molecule has 0 heterocycles. The molecule has 2 saturated carbocycles. The van der Waals surface area contributed by atoms with Gasteiger partial charge >= 0.3 is 10.3 Å². The number of ketones is 1. The molecule has 3 aliphatic rings. The molecular weight excluding hydrogens is 314 g/mol. The van der Waals surface area contributed by atoms with E-state index in [1.807, 2.05) is 12.1 Å². The Kier molecular flexibility index (Phi) is 3.50. The Labute approximate surface area is 136 Å². The second kappa shape index (κ2) is 5.31. The standard InChI is InChI=1S/C17H21NO4S/c18-23(20,21)22-11-2-4-12-10(9-11)1-3-14-13(12)5-6-16-15(14)7-8-17(16)19/h2,4,9,13-16H,1,3,5-8H2,(H2,18,20,21). The largest absolute Gasteiger partial charge is 0.380 e. The molecule has 2 fully saturated rings. The van der Waals surface area contributed by atoms with Crippen LogP contribution in [-0.2, 0) is 21.5 Å². The zero-order valence-corrected chi connectivity index (χ0v) is 13.7. The van der Waals surface area contributed by atoms with Crippen LogP contribution in [0.2, 0.25) is 0 Å². The summed E-state index contributed by atoms with van der Waals surface area (Å²) in [4.78, 5) is 12.0. The Morgan fingerprint density at radius 1 is 1.00 bits per heavy atom. The van der Waals surface area contributed by atoms with E-state index in [4.69, 9.17) is 9.32 Å². The molecule has 2 N–H and O–H groups in total. The average molecular weight is 335 g/mol. The van der Waals surface area contributed by atoms with E-state index in [1.165, 1.54) is 5.56 Å². The molecule has 0 bridgehead atoms. The molecule has 124 valence electrons. The van der Waals surface area contributed by atoms with Crippen LogP contribution in [-0.4, -0.2) is 14.2 Å². The average Bonchev–Trinajstić information content (AvgIpc) is 2.86. The molecule has 23 heavy (non-hydrogen) atoms.